The molecule has 0 aliphatic carbocycles. The van der Waals surface area contributed by atoms with Gasteiger partial charge in [0.1, 0.15) is 0 Å². The quantitative estimate of drug-likeness (QED) is 0.896. The number of nitrogens with zero attached hydrogens (tertiary/aromatic N) is 1. The van der Waals surface area contributed by atoms with Gasteiger partial charge in [0.15, 0.2) is 0 Å². The highest BCUT2D eigenvalue weighted by Gasteiger charge is 2.24. The molecule has 0 aromatic heterocycles. The van der Waals surface area contributed by atoms with Crippen LogP contribution in [0.5, 0.6) is 0 Å². The first kappa shape index (κ1) is 13.2. The van der Waals surface area contributed by atoms with Gasteiger partial charge < -0.3 is 10.2 Å². The minimum atomic E-state index is 0.945. The zero-order valence-corrected chi connectivity index (χ0v) is 12.9. The van der Waals surface area contributed by atoms with Crippen molar-refractivity contribution < 1.29 is 0 Å². The Kier molecular flexibility index (Phi) is 3.04. The van der Waals surface area contributed by atoms with Crippen LogP contribution in [0.15, 0.2) is 60.8 Å². The number of fused-ring (bicyclic) bond motifs is 2. The molecule has 2 nitrogen and oxygen atoms in total. The van der Waals surface area contributed by atoms with Gasteiger partial charge in [-0.2, -0.15) is 0 Å². The van der Waals surface area contributed by atoms with Crippen LogP contribution >= 0.6 is 0 Å². The zero-order chi connectivity index (χ0) is 15.1. The van der Waals surface area contributed by atoms with E-state index in [4.69, 9.17) is 0 Å². The Hall–Kier alpha value is -2.48. The number of anilines is 1. The Bertz CT molecular complexity index is 786. The SMILES string of the molecule is C=C1NC(C)=C(CN2CCc3ccccc32)c2ccccc21. The highest BCUT2D eigenvalue weighted by molar-refractivity contribution is 5.86. The monoisotopic (exact) mass is 288 g/mol. The number of para-hydroxylation sites is 1. The van der Waals surface area contributed by atoms with Gasteiger partial charge in [-0.3, -0.25) is 0 Å². The van der Waals surface area contributed by atoms with Crippen LogP contribution in [-0.2, 0) is 6.42 Å². The van der Waals surface area contributed by atoms with Crippen LogP contribution in [0.1, 0.15) is 23.6 Å². The van der Waals surface area contributed by atoms with Gasteiger partial charge in [-0.05, 0) is 36.1 Å². The van der Waals surface area contributed by atoms with Crippen molar-refractivity contribution in [1.29, 1.82) is 0 Å². The second kappa shape index (κ2) is 5.06. The molecule has 0 amide bonds. The van der Waals surface area contributed by atoms with E-state index in [1.807, 2.05) is 0 Å². The van der Waals surface area contributed by atoms with Gasteiger partial charge in [-0.1, -0.05) is 49.0 Å². The molecule has 0 atom stereocenters. The third kappa shape index (κ3) is 2.03. The van der Waals surface area contributed by atoms with Crippen molar-refractivity contribution in [1.82, 2.24) is 5.32 Å². The molecular weight excluding hydrogens is 268 g/mol. The highest BCUT2D eigenvalue weighted by atomic mass is 15.1. The second-order valence-electron chi connectivity index (χ2n) is 6.05. The summed E-state index contributed by atoms with van der Waals surface area (Å²) < 4.78 is 0. The van der Waals surface area contributed by atoms with Crippen LogP contribution in [0.2, 0.25) is 0 Å². The van der Waals surface area contributed by atoms with Crippen LogP contribution in [0.25, 0.3) is 11.3 Å². The summed E-state index contributed by atoms with van der Waals surface area (Å²) in [4.78, 5) is 2.49. The lowest BCUT2D eigenvalue weighted by Gasteiger charge is -2.29. The summed E-state index contributed by atoms with van der Waals surface area (Å²) in [5, 5.41) is 3.44. The second-order valence-corrected chi connectivity index (χ2v) is 6.05. The van der Waals surface area contributed by atoms with Crippen LogP contribution in [0.3, 0.4) is 0 Å². The van der Waals surface area contributed by atoms with E-state index in [1.54, 1.807) is 0 Å². The first-order valence-electron chi connectivity index (χ1n) is 7.82. The van der Waals surface area contributed by atoms with E-state index in [1.165, 1.54) is 33.6 Å². The largest absolute Gasteiger partial charge is 0.367 e. The Morgan fingerprint density at radius 3 is 2.64 bits per heavy atom. The van der Waals surface area contributed by atoms with Crippen molar-refractivity contribution in [3.8, 4) is 0 Å². The average Bonchev–Trinajstić information content (AvgIpc) is 2.95. The van der Waals surface area contributed by atoms with Crippen LogP contribution in [0, 0.1) is 0 Å². The van der Waals surface area contributed by atoms with Gasteiger partial charge in [0.2, 0.25) is 0 Å². The maximum atomic E-state index is 4.15. The molecular formula is C20H20N2. The third-order valence-corrected chi connectivity index (χ3v) is 4.70. The van der Waals surface area contributed by atoms with Crippen molar-refractivity contribution >= 4 is 17.0 Å². The number of hydrogen-bond acceptors (Lipinski definition) is 2. The molecule has 2 heterocycles. The van der Waals surface area contributed by atoms with Crippen LogP contribution in [0.4, 0.5) is 5.69 Å². The summed E-state index contributed by atoms with van der Waals surface area (Å²) >= 11 is 0. The molecule has 0 unspecified atom stereocenters. The fourth-order valence-corrected chi connectivity index (χ4v) is 3.55. The van der Waals surface area contributed by atoms with E-state index in [0.29, 0.717) is 0 Å². The van der Waals surface area contributed by atoms with Crippen LogP contribution < -0.4 is 10.2 Å². The maximum absolute atomic E-state index is 4.15. The number of rotatable bonds is 2. The molecule has 0 radical (unpaired) electrons. The summed E-state index contributed by atoms with van der Waals surface area (Å²) in [6.45, 7) is 8.34. The predicted octanol–water partition coefficient (Wildman–Crippen LogP) is 4.05. The van der Waals surface area contributed by atoms with Gasteiger partial charge in [-0.15, -0.1) is 0 Å². The molecule has 0 saturated heterocycles. The molecule has 2 heteroatoms. The number of nitrogens with one attached hydrogen (secondary N) is 1. The maximum Gasteiger partial charge on any atom is 0.0453 e. The van der Waals surface area contributed by atoms with E-state index in [2.05, 4.69) is 72.3 Å². The van der Waals surface area contributed by atoms with E-state index in [0.717, 1.165) is 25.2 Å². The van der Waals surface area contributed by atoms with Crippen molar-refractivity contribution in [3.63, 3.8) is 0 Å². The molecule has 0 spiro atoms. The molecule has 0 bridgehead atoms. The van der Waals surface area contributed by atoms with Crippen molar-refractivity contribution in [2.75, 3.05) is 18.0 Å². The van der Waals surface area contributed by atoms with Crippen molar-refractivity contribution in [3.05, 3.63) is 77.5 Å². The van der Waals surface area contributed by atoms with Crippen molar-refractivity contribution in [2.24, 2.45) is 0 Å². The summed E-state index contributed by atoms with van der Waals surface area (Å²) in [6, 6.07) is 17.3. The van der Waals surface area contributed by atoms with E-state index >= 15 is 0 Å². The van der Waals surface area contributed by atoms with Gasteiger partial charge in [0.05, 0.1) is 0 Å². The Morgan fingerprint density at radius 1 is 1.05 bits per heavy atom. The molecule has 2 aliphatic heterocycles. The molecule has 1 N–H and O–H groups in total. The van der Waals surface area contributed by atoms with Crippen molar-refractivity contribution in [2.45, 2.75) is 13.3 Å². The minimum Gasteiger partial charge on any atom is -0.367 e. The third-order valence-electron chi connectivity index (χ3n) is 4.70. The van der Waals surface area contributed by atoms with E-state index < -0.39 is 0 Å². The fourth-order valence-electron chi connectivity index (χ4n) is 3.55. The first-order valence-corrected chi connectivity index (χ1v) is 7.82. The molecule has 4 rings (SSSR count). The lowest BCUT2D eigenvalue weighted by atomic mass is 9.92. The van der Waals surface area contributed by atoms with Gasteiger partial charge in [-0.25, -0.2) is 0 Å². The van der Waals surface area contributed by atoms with E-state index in [9.17, 15) is 0 Å². The minimum absolute atomic E-state index is 0.945. The summed E-state index contributed by atoms with van der Waals surface area (Å²) in [6.07, 6.45) is 1.14. The first-order chi connectivity index (χ1) is 10.7. The molecule has 0 saturated carbocycles. The Balaban J connectivity index is 1.72. The molecule has 110 valence electrons. The topological polar surface area (TPSA) is 15.3 Å². The lowest BCUT2D eigenvalue weighted by molar-refractivity contribution is 0.898. The number of hydrogen-bond donors (Lipinski definition) is 1. The van der Waals surface area contributed by atoms with Gasteiger partial charge in [0.25, 0.3) is 0 Å². The van der Waals surface area contributed by atoms with Crippen LogP contribution in [-0.4, -0.2) is 13.1 Å². The Labute approximate surface area is 131 Å². The average molecular weight is 288 g/mol. The predicted molar refractivity (Wildman–Crippen MR) is 93.6 cm³/mol. The molecule has 2 aromatic carbocycles. The molecule has 2 aliphatic rings. The summed E-state index contributed by atoms with van der Waals surface area (Å²) in [5.41, 5.74) is 8.96. The summed E-state index contributed by atoms with van der Waals surface area (Å²) in [7, 11) is 0. The summed E-state index contributed by atoms with van der Waals surface area (Å²) in [5.74, 6) is 0. The molecule has 22 heavy (non-hydrogen) atoms. The number of benzene rings is 2. The highest BCUT2D eigenvalue weighted by Crippen LogP contribution is 2.34. The normalized spacial score (nSPS) is 16.4. The number of allylic oxidation sites excluding steroid dienone is 1. The van der Waals surface area contributed by atoms with Gasteiger partial charge in [0, 0.05) is 35.7 Å². The van der Waals surface area contributed by atoms with E-state index in [-0.39, 0.29) is 0 Å². The van der Waals surface area contributed by atoms with Gasteiger partial charge >= 0.3 is 0 Å². The smallest absolute Gasteiger partial charge is 0.0453 e. The lowest BCUT2D eigenvalue weighted by Crippen LogP contribution is -2.27. The standard InChI is InChI=1S/C20H20N2/c1-14-17-8-4-5-9-18(17)19(15(2)21-14)13-22-12-11-16-7-3-6-10-20(16)22/h3-10,21H,1,11-13H2,2H3. The fraction of sp³-hybridized carbons (Fsp3) is 0.200. The Morgan fingerprint density at radius 2 is 1.77 bits per heavy atom. The molecule has 0 fully saturated rings. The molecule has 2 aromatic rings. The zero-order valence-electron chi connectivity index (χ0n) is 12.9.